The Balaban J connectivity index is 2.15. The van der Waals surface area contributed by atoms with Gasteiger partial charge in [0, 0.05) is 12.1 Å². The second kappa shape index (κ2) is 5.00. The highest BCUT2D eigenvalue weighted by molar-refractivity contribution is 5.91. The second-order valence-electron chi connectivity index (χ2n) is 4.36. The smallest absolute Gasteiger partial charge is 0.293 e. The van der Waals surface area contributed by atoms with Crippen molar-refractivity contribution in [2.45, 2.75) is 38.6 Å². The molecule has 1 fully saturated rings. The number of nitriles is 1. The third-order valence-corrected chi connectivity index (χ3v) is 3.11. The van der Waals surface area contributed by atoms with Crippen molar-refractivity contribution < 1.29 is 9.32 Å². The number of aryl methyl sites for hydroxylation is 1. The molecule has 17 heavy (non-hydrogen) atoms. The van der Waals surface area contributed by atoms with E-state index in [0.29, 0.717) is 5.69 Å². The van der Waals surface area contributed by atoms with E-state index < -0.39 is 0 Å². The molecule has 1 amide bonds. The zero-order valence-corrected chi connectivity index (χ0v) is 9.85. The summed E-state index contributed by atoms with van der Waals surface area (Å²) in [5, 5.41) is 12.5. The fourth-order valence-electron chi connectivity index (χ4n) is 2.26. The standard InChI is InChI=1S/C12H15N3O2/c1-9-8-11(17-14-9)12(16)15(7-6-13)10-4-2-3-5-10/h8,10H,2-5,7H2,1H3. The lowest BCUT2D eigenvalue weighted by atomic mass is 10.2. The molecule has 1 aliphatic carbocycles. The molecule has 0 spiro atoms. The topological polar surface area (TPSA) is 70.1 Å². The third-order valence-electron chi connectivity index (χ3n) is 3.11. The van der Waals surface area contributed by atoms with Gasteiger partial charge in [-0.2, -0.15) is 5.26 Å². The number of rotatable bonds is 3. The van der Waals surface area contributed by atoms with E-state index in [1.807, 2.05) is 6.07 Å². The lowest BCUT2D eigenvalue weighted by molar-refractivity contribution is 0.0667. The van der Waals surface area contributed by atoms with Gasteiger partial charge in [0.15, 0.2) is 0 Å². The van der Waals surface area contributed by atoms with Crippen LogP contribution in [0.25, 0.3) is 0 Å². The van der Waals surface area contributed by atoms with Gasteiger partial charge >= 0.3 is 0 Å². The molecule has 0 N–H and O–H groups in total. The Morgan fingerprint density at radius 1 is 1.65 bits per heavy atom. The summed E-state index contributed by atoms with van der Waals surface area (Å²) in [6.07, 6.45) is 4.19. The maximum Gasteiger partial charge on any atom is 0.293 e. The summed E-state index contributed by atoms with van der Waals surface area (Å²) >= 11 is 0. The Labute approximate surface area is 100.0 Å². The highest BCUT2D eigenvalue weighted by Gasteiger charge is 2.29. The molecule has 0 atom stereocenters. The summed E-state index contributed by atoms with van der Waals surface area (Å²) in [6, 6.07) is 3.83. The van der Waals surface area contributed by atoms with E-state index in [9.17, 15) is 4.79 Å². The lowest BCUT2D eigenvalue weighted by Crippen LogP contribution is -2.38. The molecular formula is C12H15N3O2. The highest BCUT2D eigenvalue weighted by atomic mass is 16.5. The molecule has 0 radical (unpaired) electrons. The number of hydrogen-bond acceptors (Lipinski definition) is 4. The van der Waals surface area contributed by atoms with E-state index in [-0.39, 0.29) is 24.3 Å². The van der Waals surface area contributed by atoms with Crippen molar-refractivity contribution in [1.29, 1.82) is 5.26 Å². The molecule has 5 heteroatoms. The van der Waals surface area contributed by atoms with Crippen LogP contribution in [0.3, 0.4) is 0 Å². The van der Waals surface area contributed by atoms with Crippen molar-refractivity contribution in [3.8, 4) is 6.07 Å². The van der Waals surface area contributed by atoms with E-state index in [1.54, 1.807) is 17.9 Å². The molecule has 0 aliphatic heterocycles. The van der Waals surface area contributed by atoms with Gasteiger partial charge in [0.2, 0.25) is 5.76 Å². The van der Waals surface area contributed by atoms with Crippen molar-refractivity contribution in [3.05, 3.63) is 17.5 Å². The van der Waals surface area contributed by atoms with Crippen LogP contribution in [0.2, 0.25) is 0 Å². The van der Waals surface area contributed by atoms with Gasteiger partial charge in [0.05, 0.1) is 11.8 Å². The molecule has 5 nitrogen and oxygen atoms in total. The Morgan fingerprint density at radius 2 is 2.35 bits per heavy atom. The number of amides is 1. The fourth-order valence-corrected chi connectivity index (χ4v) is 2.26. The van der Waals surface area contributed by atoms with Crippen LogP contribution >= 0.6 is 0 Å². The van der Waals surface area contributed by atoms with Crippen molar-refractivity contribution in [2.24, 2.45) is 0 Å². The minimum absolute atomic E-state index is 0.114. The molecule has 0 bridgehead atoms. The molecule has 1 heterocycles. The van der Waals surface area contributed by atoms with E-state index in [1.165, 1.54) is 0 Å². The monoisotopic (exact) mass is 233 g/mol. The summed E-state index contributed by atoms with van der Waals surface area (Å²) in [6.45, 7) is 1.88. The van der Waals surface area contributed by atoms with Crippen LogP contribution in [-0.4, -0.2) is 28.6 Å². The number of hydrogen-bond donors (Lipinski definition) is 0. The molecule has 2 rings (SSSR count). The summed E-state index contributed by atoms with van der Waals surface area (Å²) in [5.74, 6) is 0.00343. The minimum Gasteiger partial charge on any atom is -0.351 e. The van der Waals surface area contributed by atoms with Crippen molar-refractivity contribution in [2.75, 3.05) is 6.54 Å². The third kappa shape index (κ3) is 2.47. The fraction of sp³-hybridized carbons (Fsp3) is 0.583. The van der Waals surface area contributed by atoms with Gasteiger partial charge in [0.1, 0.15) is 6.54 Å². The Hall–Kier alpha value is -1.83. The van der Waals surface area contributed by atoms with Crippen LogP contribution in [0.15, 0.2) is 10.6 Å². The summed E-state index contributed by atoms with van der Waals surface area (Å²) in [7, 11) is 0. The molecule has 1 aromatic heterocycles. The normalized spacial score (nSPS) is 15.8. The first-order valence-corrected chi connectivity index (χ1v) is 5.83. The Morgan fingerprint density at radius 3 is 2.88 bits per heavy atom. The highest BCUT2D eigenvalue weighted by Crippen LogP contribution is 2.24. The molecule has 0 unspecified atom stereocenters. The average Bonchev–Trinajstić information content (AvgIpc) is 2.95. The molecule has 0 saturated heterocycles. The molecular weight excluding hydrogens is 218 g/mol. The lowest BCUT2D eigenvalue weighted by Gasteiger charge is -2.25. The van der Waals surface area contributed by atoms with Crippen LogP contribution < -0.4 is 0 Å². The van der Waals surface area contributed by atoms with E-state index in [0.717, 1.165) is 25.7 Å². The molecule has 1 aliphatic rings. The van der Waals surface area contributed by atoms with E-state index in [2.05, 4.69) is 5.16 Å². The van der Waals surface area contributed by atoms with Gasteiger partial charge in [0.25, 0.3) is 5.91 Å². The van der Waals surface area contributed by atoms with Gasteiger partial charge in [-0.1, -0.05) is 18.0 Å². The number of nitrogens with zero attached hydrogens (tertiary/aromatic N) is 3. The first-order chi connectivity index (χ1) is 8.22. The van der Waals surface area contributed by atoms with Crippen LogP contribution in [0, 0.1) is 18.3 Å². The minimum atomic E-state index is -0.223. The van der Waals surface area contributed by atoms with Crippen LogP contribution in [-0.2, 0) is 0 Å². The van der Waals surface area contributed by atoms with Gasteiger partial charge in [-0.3, -0.25) is 4.79 Å². The maximum atomic E-state index is 12.2. The van der Waals surface area contributed by atoms with E-state index >= 15 is 0 Å². The van der Waals surface area contributed by atoms with Crippen LogP contribution in [0.5, 0.6) is 0 Å². The van der Waals surface area contributed by atoms with Crippen molar-refractivity contribution in [1.82, 2.24) is 10.1 Å². The predicted molar refractivity (Wildman–Crippen MR) is 60.1 cm³/mol. The Bertz CT molecular complexity index is 441. The SMILES string of the molecule is Cc1cc(C(=O)N(CC#N)C2CCCC2)on1. The molecule has 0 aromatic carbocycles. The first-order valence-electron chi connectivity index (χ1n) is 5.83. The first kappa shape index (κ1) is 11.6. The maximum absolute atomic E-state index is 12.2. The summed E-state index contributed by atoms with van der Waals surface area (Å²) in [4.78, 5) is 13.8. The van der Waals surface area contributed by atoms with Crippen LogP contribution in [0.4, 0.5) is 0 Å². The van der Waals surface area contributed by atoms with Crippen LogP contribution in [0.1, 0.15) is 41.9 Å². The summed E-state index contributed by atoms with van der Waals surface area (Å²) in [5.41, 5.74) is 0.677. The van der Waals surface area contributed by atoms with E-state index in [4.69, 9.17) is 9.78 Å². The molecule has 1 saturated carbocycles. The molecule has 1 aromatic rings. The quantitative estimate of drug-likeness (QED) is 0.747. The largest absolute Gasteiger partial charge is 0.351 e. The zero-order chi connectivity index (χ0) is 12.3. The van der Waals surface area contributed by atoms with Crippen molar-refractivity contribution in [3.63, 3.8) is 0 Å². The van der Waals surface area contributed by atoms with Gasteiger partial charge in [-0.05, 0) is 19.8 Å². The Kier molecular flexibility index (Phi) is 3.43. The number of aromatic nitrogens is 1. The van der Waals surface area contributed by atoms with Crippen molar-refractivity contribution >= 4 is 5.91 Å². The van der Waals surface area contributed by atoms with Gasteiger partial charge < -0.3 is 9.42 Å². The zero-order valence-electron chi connectivity index (χ0n) is 9.85. The van der Waals surface area contributed by atoms with Gasteiger partial charge in [-0.25, -0.2) is 0 Å². The predicted octanol–water partition coefficient (Wildman–Crippen LogP) is 1.89. The number of carbonyl (C=O) groups excluding carboxylic acids is 1. The number of carbonyl (C=O) groups is 1. The average molecular weight is 233 g/mol. The molecule has 90 valence electrons. The summed E-state index contributed by atoms with van der Waals surface area (Å²) < 4.78 is 4.96. The van der Waals surface area contributed by atoms with Gasteiger partial charge in [-0.15, -0.1) is 0 Å². The second-order valence-corrected chi connectivity index (χ2v) is 4.36.